The molecule has 0 aliphatic carbocycles. The van der Waals surface area contributed by atoms with E-state index in [1.54, 1.807) is 21.3 Å². The zero-order valence-electron chi connectivity index (χ0n) is 23.6. The van der Waals surface area contributed by atoms with E-state index in [1.807, 2.05) is 18.2 Å². The molecular formula is C33H46N2O3. The minimum Gasteiger partial charge on any atom is -0.497 e. The highest BCUT2D eigenvalue weighted by molar-refractivity contribution is 5.51. The van der Waals surface area contributed by atoms with Crippen molar-refractivity contribution in [1.82, 2.24) is 10.6 Å². The minimum absolute atomic E-state index is 0.795. The Kier molecular flexibility index (Phi) is 13.6. The molecule has 5 heteroatoms. The third-order valence-electron chi connectivity index (χ3n) is 7.03. The van der Waals surface area contributed by atoms with Crippen LogP contribution in [0.25, 0.3) is 0 Å². The van der Waals surface area contributed by atoms with Crippen molar-refractivity contribution < 1.29 is 14.2 Å². The van der Waals surface area contributed by atoms with E-state index in [1.165, 1.54) is 47.9 Å². The second-order valence-corrected chi connectivity index (χ2v) is 9.69. The first-order valence-corrected chi connectivity index (χ1v) is 14.1. The summed E-state index contributed by atoms with van der Waals surface area (Å²) in [5.41, 5.74) is 5.25. The fourth-order valence-corrected chi connectivity index (χ4v) is 4.81. The lowest BCUT2D eigenvalue weighted by Gasteiger charge is -2.17. The van der Waals surface area contributed by atoms with Gasteiger partial charge in [-0.3, -0.25) is 0 Å². The molecule has 2 N–H and O–H groups in total. The molecular weight excluding hydrogens is 472 g/mol. The summed E-state index contributed by atoms with van der Waals surface area (Å²) in [6.07, 6.45) is 8.95. The lowest BCUT2D eigenvalue weighted by molar-refractivity contribution is 0.351. The van der Waals surface area contributed by atoms with Crippen LogP contribution in [0.5, 0.6) is 17.2 Å². The van der Waals surface area contributed by atoms with E-state index >= 15 is 0 Å². The highest BCUT2D eigenvalue weighted by Crippen LogP contribution is 2.34. The van der Waals surface area contributed by atoms with Crippen molar-refractivity contribution in [2.75, 3.05) is 47.5 Å². The van der Waals surface area contributed by atoms with Crippen LogP contribution in [-0.2, 0) is 25.7 Å². The molecule has 0 unspecified atom stereocenters. The third kappa shape index (κ3) is 10.0. The molecule has 0 heterocycles. The summed E-state index contributed by atoms with van der Waals surface area (Å²) < 4.78 is 16.7. The van der Waals surface area contributed by atoms with E-state index in [4.69, 9.17) is 14.2 Å². The first-order valence-electron chi connectivity index (χ1n) is 14.1. The molecule has 0 atom stereocenters. The van der Waals surface area contributed by atoms with Crippen LogP contribution in [0.4, 0.5) is 0 Å². The molecule has 38 heavy (non-hydrogen) atoms. The second-order valence-electron chi connectivity index (χ2n) is 9.69. The molecule has 206 valence electrons. The Hall–Kier alpha value is -3.02. The number of benzene rings is 3. The van der Waals surface area contributed by atoms with Crippen LogP contribution in [0, 0.1) is 0 Å². The molecule has 0 radical (unpaired) electrons. The summed E-state index contributed by atoms with van der Waals surface area (Å²) in [5.74, 6) is 2.54. The van der Waals surface area contributed by atoms with Crippen molar-refractivity contribution in [3.63, 3.8) is 0 Å². The number of aryl methyl sites for hydroxylation is 1. The zero-order chi connectivity index (χ0) is 26.8. The highest BCUT2D eigenvalue weighted by atomic mass is 16.5. The van der Waals surface area contributed by atoms with Crippen LogP contribution in [0.3, 0.4) is 0 Å². The van der Waals surface area contributed by atoms with E-state index in [0.717, 1.165) is 69.1 Å². The van der Waals surface area contributed by atoms with Gasteiger partial charge in [0.2, 0.25) is 0 Å². The maximum Gasteiger partial charge on any atom is 0.164 e. The van der Waals surface area contributed by atoms with Gasteiger partial charge in [-0.1, -0.05) is 61.4 Å². The number of hydrogen-bond donors (Lipinski definition) is 2. The van der Waals surface area contributed by atoms with Gasteiger partial charge >= 0.3 is 0 Å². The predicted molar refractivity (Wildman–Crippen MR) is 158 cm³/mol. The van der Waals surface area contributed by atoms with Crippen LogP contribution >= 0.6 is 0 Å². The van der Waals surface area contributed by atoms with Gasteiger partial charge in [0.1, 0.15) is 5.75 Å². The number of unbranched alkanes of at least 4 members (excludes halogenated alkanes) is 3. The van der Waals surface area contributed by atoms with Crippen molar-refractivity contribution in [2.24, 2.45) is 0 Å². The number of hydrogen-bond acceptors (Lipinski definition) is 5. The SMILES string of the molecule is COc1ccc(CCc2c(CCNCCCCCCNCCc3ccccc3)ccc(OC)c2OC)cc1. The van der Waals surface area contributed by atoms with Crippen LogP contribution in [0.1, 0.15) is 47.9 Å². The van der Waals surface area contributed by atoms with Crippen molar-refractivity contribution in [2.45, 2.75) is 51.4 Å². The standard InChI is InChI=1S/C33H46N2O3/c1-36-30-17-13-28(14-18-30)15-19-31-29(16-20-32(37-2)33(31)38-3)22-26-35-24-10-5-4-9-23-34-25-21-27-11-7-6-8-12-27/h6-8,11-14,16-18,20,34-35H,4-5,9-10,15,19,21-26H2,1-3H3. The van der Waals surface area contributed by atoms with E-state index in [-0.39, 0.29) is 0 Å². The minimum atomic E-state index is 0.795. The van der Waals surface area contributed by atoms with E-state index in [9.17, 15) is 0 Å². The first kappa shape index (κ1) is 29.5. The van der Waals surface area contributed by atoms with Gasteiger partial charge in [0.15, 0.2) is 11.5 Å². The fraction of sp³-hybridized carbons (Fsp3) is 0.455. The maximum atomic E-state index is 5.79. The predicted octanol–water partition coefficient (Wildman–Crippen LogP) is 6.02. The van der Waals surface area contributed by atoms with E-state index in [0.29, 0.717) is 0 Å². The smallest absolute Gasteiger partial charge is 0.164 e. The average Bonchev–Trinajstić information content (AvgIpc) is 2.97. The summed E-state index contributed by atoms with van der Waals surface area (Å²) in [7, 11) is 5.13. The molecule has 0 fully saturated rings. The normalized spacial score (nSPS) is 10.9. The summed E-state index contributed by atoms with van der Waals surface area (Å²) >= 11 is 0. The molecule has 0 aromatic heterocycles. The number of nitrogens with one attached hydrogen (secondary N) is 2. The molecule has 3 aromatic rings. The Morgan fingerprint density at radius 3 is 1.82 bits per heavy atom. The summed E-state index contributed by atoms with van der Waals surface area (Å²) in [4.78, 5) is 0. The van der Waals surface area contributed by atoms with Crippen molar-refractivity contribution in [1.29, 1.82) is 0 Å². The highest BCUT2D eigenvalue weighted by Gasteiger charge is 2.15. The van der Waals surface area contributed by atoms with Crippen LogP contribution < -0.4 is 24.8 Å². The average molecular weight is 519 g/mol. The Morgan fingerprint density at radius 1 is 0.526 bits per heavy atom. The van der Waals surface area contributed by atoms with E-state index < -0.39 is 0 Å². The lowest BCUT2D eigenvalue weighted by atomic mass is 9.96. The van der Waals surface area contributed by atoms with E-state index in [2.05, 4.69) is 59.2 Å². The Morgan fingerprint density at radius 2 is 1.18 bits per heavy atom. The van der Waals surface area contributed by atoms with Gasteiger partial charge < -0.3 is 24.8 Å². The monoisotopic (exact) mass is 518 g/mol. The molecule has 0 saturated heterocycles. The second kappa shape index (κ2) is 17.5. The molecule has 0 aliphatic heterocycles. The van der Waals surface area contributed by atoms with Crippen molar-refractivity contribution >= 4 is 0 Å². The largest absolute Gasteiger partial charge is 0.497 e. The van der Waals surface area contributed by atoms with Crippen LogP contribution in [-0.4, -0.2) is 47.5 Å². The van der Waals surface area contributed by atoms with Gasteiger partial charge in [-0.2, -0.15) is 0 Å². The first-order chi connectivity index (χ1) is 18.7. The Balaban J connectivity index is 1.34. The van der Waals surface area contributed by atoms with Gasteiger partial charge in [0.05, 0.1) is 21.3 Å². The Labute approximate surface area is 229 Å². The molecule has 0 amide bonds. The topological polar surface area (TPSA) is 51.8 Å². The quantitative estimate of drug-likeness (QED) is 0.190. The molecule has 0 aliphatic rings. The van der Waals surface area contributed by atoms with Crippen molar-refractivity contribution in [3.8, 4) is 17.2 Å². The summed E-state index contributed by atoms with van der Waals surface area (Å²) in [5, 5.41) is 7.21. The van der Waals surface area contributed by atoms with Crippen molar-refractivity contribution in [3.05, 3.63) is 89.0 Å². The fourth-order valence-electron chi connectivity index (χ4n) is 4.81. The molecule has 0 spiro atoms. The number of ether oxygens (including phenoxy) is 3. The van der Waals surface area contributed by atoms with Gasteiger partial charge in [0.25, 0.3) is 0 Å². The maximum absolute atomic E-state index is 5.79. The lowest BCUT2D eigenvalue weighted by Crippen LogP contribution is -2.20. The molecule has 3 rings (SSSR count). The zero-order valence-corrected chi connectivity index (χ0v) is 23.6. The molecule has 0 bridgehead atoms. The molecule has 3 aromatic carbocycles. The van der Waals surface area contributed by atoms with Gasteiger partial charge in [-0.25, -0.2) is 0 Å². The summed E-state index contributed by atoms with van der Waals surface area (Å²) in [6.45, 7) is 4.20. The third-order valence-corrected chi connectivity index (χ3v) is 7.03. The molecule has 0 saturated carbocycles. The van der Waals surface area contributed by atoms with Crippen LogP contribution in [0.2, 0.25) is 0 Å². The number of methoxy groups -OCH3 is 3. The van der Waals surface area contributed by atoms with Crippen LogP contribution in [0.15, 0.2) is 66.7 Å². The summed E-state index contributed by atoms with van der Waals surface area (Å²) in [6, 6.07) is 23.2. The van der Waals surface area contributed by atoms with Gasteiger partial charge in [-0.15, -0.1) is 0 Å². The number of rotatable bonds is 19. The Bertz CT molecular complexity index is 1040. The molecule has 5 nitrogen and oxygen atoms in total. The van der Waals surface area contributed by atoms with Gasteiger partial charge in [0, 0.05) is 5.56 Å². The van der Waals surface area contributed by atoms with Gasteiger partial charge in [-0.05, 0) is 99.6 Å².